The average molecular weight is 576 g/mol. The van der Waals surface area contributed by atoms with E-state index in [2.05, 4.69) is 4.90 Å². The number of carboxylic acid groups (broad SMARTS) is 1. The van der Waals surface area contributed by atoms with Gasteiger partial charge in [0.15, 0.2) is 11.4 Å². The third-order valence-corrected chi connectivity index (χ3v) is 8.27. The standard InChI is InChI=1S/C31H45NO9/c1-21-18-22(2)27(23(3)19-21)28-29(35)31(41-30(28)36)8-4-24(5-9-31)40-25-6-10-32(11-7-25)12-13-37-14-15-38-16-17-39-20-26(33)34/h18-19,24-25,35H,4-17,20H2,1-3H3,(H,33,34)/t24-,31+. The first-order valence-corrected chi connectivity index (χ1v) is 14.8. The number of aliphatic carboxylic acids is 1. The fourth-order valence-electron chi connectivity index (χ4n) is 6.26. The Bertz CT molecular complexity index is 1060. The van der Waals surface area contributed by atoms with E-state index in [1.165, 1.54) is 0 Å². The van der Waals surface area contributed by atoms with Gasteiger partial charge in [0.05, 0.1) is 45.2 Å². The molecule has 1 spiro atoms. The molecule has 2 aliphatic heterocycles. The lowest BCUT2D eigenvalue weighted by atomic mass is 9.80. The lowest BCUT2D eigenvalue weighted by Crippen LogP contribution is -2.43. The van der Waals surface area contributed by atoms with Gasteiger partial charge in [0.2, 0.25) is 0 Å². The highest BCUT2D eigenvalue weighted by molar-refractivity contribution is 6.20. The number of esters is 1. The number of carbonyl (C=O) groups excluding carboxylic acids is 1. The predicted octanol–water partition coefficient (Wildman–Crippen LogP) is 3.73. The number of likely N-dealkylation sites (tertiary alicyclic amines) is 1. The number of carboxylic acids is 1. The van der Waals surface area contributed by atoms with Gasteiger partial charge in [-0.25, -0.2) is 9.59 Å². The Morgan fingerprint density at radius 3 is 2.10 bits per heavy atom. The largest absolute Gasteiger partial charge is 0.507 e. The Labute approximate surface area is 242 Å². The van der Waals surface area contributed by atoms with Crippen LogP contribution >= 0.6 is 0 Å². The topological polar surface area (TPSA) is 124 Å². The third-order valence-electron chi connectivity index (χ3n) is 8.27. The first kappa shape index (κ1) is 31.4. The Kier molecular flexibility index (Phi) is 11.2. The van der Waals surface area contributed by atoms with Crippen LogP contribution < -0.4 is 0 Å². The van der Waals surface area contributed by atoms with Crippen LogP contribution in [0.1, 0.15) is 60.8 Å². The molecule has 1 aliphatic carbocycles. The monoisotopic (exact) mass is 575 g/mol. The van der Waals surface area contributed by atoms with Crippen molar-refractivity contribution in [3.63, 3.8) is 0 Å². The fourth-order valence-corrected chi connectivity index (χ4v) is 6.26. The van der Waals surface area contributed by atoms with Crippen LogP contribution in [0.4, 0.5) is 0 Å². The molecular weight excluding hydrogens is 530 g/mol. The van der Waals surface area contributed by atoms with Crippen LogP contribution in [0, 0.1) is 20.8 Å². The van der Waals surface area contributed by atoms with Crippen molar-refractivity contribution in [2.75, 3.05) is 59.3 Å². The molecule has 1 aromatic carbocycles. The van der Waals surface area contributed by atoms with Crippen molar-refractivity contribution >= 4 is 17.5 Å². The molecule has 4 rings (SSSR count). The van der Waals surface area contributed by atoms with Gasteiger partial charge < -0.3 is 38.8 Å². The summed E-state index contributed by atoms with van der Waals surface area (Å²) in [4.78, 5) is 25.7. The summed E-state index contributed by atoms with van der Waals surface area (Å²) in [5.74, 6) is -1.33. The number of hydrogen-bond donors (Lipinski definition) is 2. The van der Waals surface area contributed by atoms with Crippen LogP contribution in [0.2, 0.25) is 0 Å². The lowest BCUT2D eigenvalue weighted by molar-refractivity contribution is -0.154. The number of ether oxygens (including phenoxy) is 5. The van der Waals surface area contributed by atoms with Crippen molar-refractivity contribution in [3.05, 3.63) is 40.1 Å². The van der Waals surface area contributed by atoms with Crippen molar-refractivity contribution in [1.82, 2.24) is 4.90 Å². The molecule has 0 radical (unpaired) electrons. The van der Waals surface area contributed by atoms with E-state index in [1.807, 2.05) is 32.9 Å². The van der Waals surface area contributed by atoms with Gasteiger partial charge in [-0.05, 0) is 76.0 Å². The summed E-state index contributed by atoms with van der Waals surface area (Å²) >= 11 is 0. The number of aliphatic hydroxyl groups is 1. The Morgan fingerprint density at radius 2 is 1.49 bits per heavy atom. The number of rotatable bonds is 14. The second-order valence-electron chi connectivity index (χ2n) is 11.4. The molecule has 0 unspecified atom stereocenters. The van der Waals surface area contributed by atoms with E-state index < -0.39 is 17.5 Å². The summed E-state index contributed by atoms with van der Waals surface area (Å²) in [7, 11) is 0. The first-order valence-electron chi connectivity index (χ1n) is 14.8. The molecule has 2 fully saturated rings. The third kappa shape index (κ3) is 8.29. The van der Waals surface area contributed by atoms with Gasteiger partial charge in [0.25, 0.3) is 0 Å². The maximum Gasteiger partial charge on any atom is 0.343 e. The fraction of sp³-hybridized carbons (Fsp3) is 0.677. The van der Waals surface area contributed by atoms with Crippen LogP contribution in [0.3, 0.4) is 0 Å². The summed E-state index contributed by atoms with van der Waals surface area (Å²) < 4.78 is 28.3. The first-order chi connectivity index (χ1) is 19.7. The molecule has 2 N–H and O–H groups in total. The Morgan fingerprint density at radius 1 is 0.927 bits per heavy atom. The molecule has 0 aromatic heterocycles. The van der Waals surface area contributed by atoms with Crippen molar-refractivity contribution in [2.45, 2.75) is 77.1 Å². The maximum absolute atomic E-state index is 13.0. The number of carbonyl (C=O) groups is 2. The van der Waals surface area contributed by atoms with Crippen molar-refractivity contribution in [2.24, 2.45) is 0 Å². The average Bonchev–Trinajstić information content (AvgIpc) is 3.15. The number of piperidine rings is 1. The van der Waals surface area contributed by atoms with Crippen LogP contribution in [0.25, 0.3) is 5.57 Å². The number of nitrogens with zero attached hydrogens (tertiary/aromatic N) is 1. The minimum absolute atomic E-state index is 0.0860. The summed E-state index contributed by atoms with van der Waals surface area (Å²) in [6, 6.07) is 4.07. The van der Waals surface area contributed by atoms with Gasteiger partial charge in [-0.3, -0.25) is 0 Å². The maximum atomic E-state index is 13.0. The van der Waals surface area contributed by atoms with Crippen LogP contribution in [0.15, 0.2) is 17.9 Å². The molecule has 41 heavy (non-hydrogen) atoms. The number of benzene rings is 1. The zero-order chi connectivity index (χ0) is 29.4. The predicted molar refractivity (Wildman–Crippen MR) is 152 cm³/mol. The molecule has 1 saturated heterocycles. The Hall–Kier alpha value is -2.50. The highest BCUT2D eigenvalue weighted by Crippen LogP contribution is 2.47. The van der Waals surface area contributed by atoms with Gasteiger partial charge in [-0.1, -0.05) is 17.7 Å². The summed E-state index contributed by atoms with van der Waals surface area (Å²) in [5.41, 5.74) is 3.25. The van der Waals surface area contributed by atoms with Gasteiger partial charge in [0.1, 0.15) is 12.2 Å². The van der Waals surface area contributed by atoms with Gasteiger partial charge in [0, 0.05) is 19.6 Å². The molecule has 10 nitrogen and oxygen atoms in total. The second-order valence-corrected chi connectivity index (χ2v) is 11.4. The van der Waals surface area contributed by atoms with E-state index >= 15 is 0 Å². The van der Waals surface area contributed by atoms with Crippen molar-refractivity contribution in [1.29, 1.82) is 0 Å². The smallest absolute Gasteiger partial charge is 0.343 e. The van der Waals surface area contributed by atoms with E-state index in [-0.39, 0.29) is 31.2 Å². The summed E-state index contributed by atoms with van der Waals surface area (Å²) in [5, 5.41) is 19.8. The minimum atomic E-state index is -0.985. The van der Waals surface area contributed by atoms with Crippen molar-refractivity contribution < 1.29 is 43.5 Å². The second kappa shape index (κ2) is 14.6. The van der Waals surface area contributed by atoms with E-state index in [4.69, 9.17) is 28.8 Å². The zero-order valence-corrected chi connectivity index (χ0v) is 24.6. The highest BCUT2D eigenvalue weighted by Gasteiger charge is 2.51. The minimum Gasteiger partial charge on any atom is -0.507 e. The molecule has 1 aromatic rings. The normalized spacial score (nSPS) is 23.9. The van der Waals surface area contributed by atoms with E-state index in [1.54, 1.807) is 0 Å². The van der Waals surface area contributed by atoms with E-state index in [0.29, 0.717) is 44.8 Å². The molecule has 3 aliphatic rings. The molecular formula is C31H45NO9. The number of hydrogen-bond acceptors (Lipinski definition) is 9. The van der Waals surface area contributed by atoms with E-state index in [0.717, 1.165) is 67.6 Å². The summed E-state index contributed by atoms with van der Waals surface area (Å²) in [6.45, 7) is 10.6. The van der Waals surface area contributed by atoms with Gasteiger partial charge in [-0.2, -0.15) is 0 Å². The van der Waals surface area contributed by atoms with Gasteiger partial charge >= 0.3 is 11.9 Å². The molecule has 228 valence electrons. The molecule has 0 amide bonds. The molecule has 0 bridgehead atoms. The van der Waals surface area contributed by atoms with Crippen LogP contribution in [-0.2, 0) is 33.3 Å². The molecule has 0 atom stereocenters. The lowest BCUT2D eigenvalue weighted by Gasteiger charge is -2.39. The Balaban J connectivity index is 1.13. The van der Waals surface area contributed by atoms with Crippen LogP contribution in [0.5, 0.6) is 0 Å². The zero-order valence-electron chi connectivity index (χ0n) is 24.6. The highest BCUT2D eigenvalue weighted by atomic mass is 16.6. The quantitative estimate of drug-likeness (QED) is 0.250. The molecule has 2 heterocycles. The summed E-state index contributed by atoms with van der Waals surface area (Å²) in [6.07, 6.45) is 4.89. The van der Waals surface area contributed by atoms with Crippen molar-refractivity contribution in [3.8, 4) is 0 Å². The number of aliphatic hydroxyl groups excluding tert-OH is 1. The molecule has 1 saturated carbocycles. The van der Waals surface area contributed by atoms with Crippen LogP contribution in [-0.4, -0.2) is 104 Å². The SMILES string of the molecule is Cc1cc(C)c(C2=C(O)[C@]3(CC[C@H](OC4CCN(CCOCCOCCOCC(=O)O)CC4)CC3)OC2=O)c(C)c1. The molecule has 10 heteroatoms. The number of aryl methyl sites for hydroxylation is 3. The van der Waals surface area contributed by atoms with Gasteiger partial charge in [-0.15, -0.1) is 0 Å². The van der Waals surface area contributed by atoms with E-state index in [9.17, 15) is 14.7 Å².